The maximum absolute atomic E-state index is 12.9. The zero-order valence-corrected chi connectivity index (χ0v) is 45.9. The molecule has 0 spiro atoms. The van der Waals surface area contributed by atoms with Crippen molar-refractivity contribution < 1.29 is 28.6 Å². The van der Waals surface area contributed by atoms with E-state index in [0.717, 1.165) is 128 Å². The molecule has 0 N–H and O–H groups in total. The Morgan fingerprint density at radius 1 is 0.296 bits per heavy atom. The summed E-state index contributed by atoms with van der Waals surface area (Å²) < 4.78 is 16.8. The van der Waals surface area contributed by atoms with Crippen molar-refractivity contribution in [3.8, 4) is 0 Å². The van der Waals surface area contributed by atoms with Gasteiger partial charge >= 0.3 is 17.9 Å². The third-order valence-electron chi connectivity index (χ3n) is 12.0. The number of ether oxygens (including phenoxy) is 3. The molecule has 0 bridgehead atoms. The summed E-state index contributed by atoms with van der Waals surface area (Å²) in [4.78, 5) is 38.2. The summed E-state index contributed by atoms with van der Waals surface area (Å²) in [7, 11) is 0. The average molecular weight is 984 g/mol. The number of carbonyl (C=O) groups is 3. The highest BCUT2D eigenvalue weighted by molar-refractivity contribution is 5.71. The third-order valence-corrected chi connectivity index (χ3v) is 12.0. The fraction of sp³-hybridized carbons (Fsp3) is 0.646. The van der Waals surface area contributed by atoms with E-state index in [2.05, 4.69) is 142 Å². The lowest BCUT2D eigenvalue weighted by molar-refractivity contribution is -0.167. The van der Waals surface area contributed by atoms with Crippen LogP contribution in [0, 0.1) is 0 Å². The summed E-state index contributed by atoms with van der Waals surface area (Å²) in [6.07, 6.45) is 80.4. The Balaban J connectivity index is 4.52. The molecular formula is C65H106O6. The van der Waals surface area contributed by atoms with E-state index >= 15 is 0 Å². The van der Waals surface area contributed by atoms with E-state index in [0.29, 0.717) is 19.3 Å². The molecule has 6 nitrogen and oxygen atoms in total. The van der Waals surface area contributed by atoms with Crippen LogP contribution in [0.5, 0.6) is 0 Å². The zero-order chi connectivity index (χ0) is 51.4. The molecule has 1 atom stereocenters. The van der Waals surface area contributed by atoms with E-state index in [-0.39, 0.29) is 37.5 Å². The molecule has 0 heterocycles. The highest BCUT2D eigenvalue weighted by Crippen LogP contribution is 2.15. The first-order valence-electron chi connectivity index (χ1n) is 29.0. The zero-order valence-electron chi connectivity index (χ0n) is 45.9. The van der Waals surface area contributed by atoms with Crippen LogP contribution >= 0.6 is 0 Å². The second kappa shape index (κ2) is 58.4. The third kappa shape index (κ3) is 56.6. The van der Waals surface area contributed by atoms with E-state index < -0.39 is 6.10 Å². The van der Waals surface area contributed by atoms with Crippen molar-refractivity contribution in [2.75, 3.05) is 13.2 Å². The van der Waals surface area contributed by atoms with Crippen LogP contribution in [0.25, 0.3) is 0 Å². The lowest BCUT2D eigenvalue weighted by atomic mass is 10.0. The Bertz CT molecular complexity index is 1500. The summed E-state index contributed by atoms with van der Waals surface area (Å²) in [5, 5.41) is 0. The van der Waals surface area contributed by atoms with Crippen LogP contribution in [0.3, 0.4) is 0 Å². The van der Waals surface area contributed by atoms with Crippen LogP contribution in [-0.2, 0) is 28.6 Å². The van der Waals surface area contributed by atoms with E-state index in [9.17, 15) is 14.4 Å². The summed E-state index contributed by atoms with van der Waals surface area (Å²) in [6.45, 7) is 6.36. The van der Waals surface area contributed by atoms with E-state index in [1.807, 2.05) is 0 Å². The number of esters is 3. The van der Waals surface area contributed by atoms with Gasteiger partial charge in [-0.1, -0.05) is 245 Å². The van der Waals surface area contributed by atoms with Crippen molar-refractivity contribution in [1.82, 2.24) is 0 Å². The van der Waals surface area contributed by atoms with Gasteiger partial charge in [0.15, 0.2) is 6.10 Å². The molecule has 0 saturated carbocycles. The van der Waals surface area contributed by atoms with Crippen molar-refractivity contribution in [3.63, 3.8) is 0 Å². The molecule has 0 aliphatic heterocycles. The highest BCUT2D eigenvalue weighted by Gasteiger charge is 2.19. The normalized spacial score (nSPS) is 13.0. The lowest BCUT2D eigenvalue weighted by Gasteiger charge is -2.18. The van der Waals surface area contributed by atoms with Crippen LogP contribution < -0.4 is 0 Å². The van der Waals surface area contributed by atoms with Crippen LogP contribution in [0.2, 0.25) is 0 Å². The van der Waals surface area contributed by atoms with Gasteiger partial charge in [0.1, 0.15) is 13.2 Å². The Kier molecular flexibility index (Phi) is 54.9. The second-order valence-electron chi connectivity index (χ2n) is 18.8. The number of hydrogen-bond acceptors (Lipinski definition) is 6. The number of rotatable bonds is 51. The van der Waals surface area contributed by atoms with Gasteiger partial charge in [-0.3, -0.25) is 14.4 Å². The van der Waals surface area contributed by atoms with Crippen LogP contribution in [-0.4, -0.2) is 37.2 Å². The molecule has 6 heteroatoms. The molecule has 0 radical (unpaired) electrons. The topological polar surface area (TPSA) is 78.9 Å². The van der Waals surface area contributed by atoms with Crippen LogP contribution in [0.4, 0.5) is 0 Å². The minimum Gasteiger partial charge on any atom is -0.462 e. The van der Waals surface area contributed by atoms with Crippen LogP contribution in [0.1, 0.15) is 252 Å². The lowest BCUT2D eigenvalue weighted by Crippen LogP contribution is -2.30. The van der Waals surface area contributed by atoms with Crippen LogP contribution in [0.15, 0.2) is 122 Å². The first-order chi connectivity index (χ1) is 35.0. The molecule has 0 aliphatic carbocycles. The van der Waals surface area contributed by atoms with Gasteiger partial charge < -0.3 is 14.2 Å². The molecule has 71 heavy (non-hydrogen) atoms. The Morgan fingerprint density at radius 3 is 0.859 bits per heavy atom. The fourth-order valence-electron chi connectivity index (χ4n) is 7.67. The summed E-state index contributed by atoms with van der Waals surface area (Å²) in [5.41, 5.74) is 0. The molecule has 0 aromatic rings. The molecule has 0 aromatic heterocycles. The average Bonchev–Trinajstić information content (AvgIpc) is 3.37. The maximum atomic E-state index is 12.9. The number of carbonyl (C=O) groups excluding carboxylic acids is 3. The highest BCUT2D eigenvalue weighted by atomic mass is 16.6. The van der Waals surface area contributed by atoms with Gasteiger partial charge in [0, 0.05) is 19.3 Å². The van der Waals surface area contributed by atoms with Gasteiger partial charge in [0.25, 0.3) is 0 Å². The van der Waals surface area contributed by atoms with Gasteiger partial charge in [-0.25, -0.2) is 0 Å². The smallest absolute Gasteiger partial charge is 0.306 e. The maximum Gasteiger partial charge on any atom is 0.306 e. The van der Waals surface area contributed by atoms with Gasteiger partial charge in [0.05, 0.1) is 0 Å². The first-order valence-corrected chi connectivity index (χ1v) is 29.0. The molecule has 0 rings (SSSR count). The summed E-state index contributed by atoms with van der Waals surface area (Å²) in [6, 6.07) is 0. The predicted octanol–water partition coefficient (Wildman–Crippen LogP) is 19.6. The molecule has 402 valence electrons. The number of unbranched alkanes of at least 4 members (excludes halogenated alkanes) is 20. The predicted molar refractivity (Wildman–Crippen MR) is 306 cm³/mol. The standard InChI is InChI=1S/C65H106O6/c1-4-7-10-13-16-19-22-25-28-30-32-34-37-40-43-46-49-52-55-58-64(67)70-61-62(60-69-63(66)57-54-51-48-45-42-39-36-27-24-21-18-15-12-9-6-3)71-65(68)59-56-53-50-47-44-41-38-35-33-31-29-26-23-20-17-14-11-8-5-2/h7-8,10-11,16-17,19-20,25-26,28-29,32-35,40-41,43-44,62H,4-6,9,12-15,18,21-24,27,30-31,36-39,42,45-61H2,1-3H3/b10-7-,11-8-,19-16-,20-17-,28-25-,29-26-,34-32-,35-33-,43-40-,44-41-/t62-/m0/s1. The molecular weight excluding hydrogens is 877 g/mol. The monoisotopic (exact) mass is 983 g/mol. The minimum atomic E-state index is -0.812. The quantitative estimate of drug-likeness (QED) is 0.0261. The summed E-state index contributed by atoms with van der Waals surface area (Å²) in [5.74, 6) is -0.968. The van der Waals surface area contributed by atoms with E-state index in [1.54, 1.807) is 0 Å². The molecule has 0 aliphatic rings. The number of hydrogen-bond donors (Lipinski definition) is 0. The second-order valence-corrected chi connectivity index (χ2v) is 18.8. The molecule has 0 unspecified atom stereocenters. The Hall–Kier alpha value is -4.19. The summed E-state index contributed by atoms with van der Waals surface area (Å²) >= 11 is 0. The SMILES string of the molecule is CC/C=C\C/C=C\C/C=C\C/C=C\C/C=C\CCCCCC(=O)OC[C@H](COC(=O)CCCCCCCCCCCCCCCCC)OC(=O)CCCCC/C=C\C/C=C\C/C=C\C/C=C\C/C=C\CC. The molecule has 0 aromatic carbocycles. The van der Waals surface area contributed by atoms with E-state index in [4.69, 9.17) is 14.2 Å². The minimum absolute atomic E-state index is 0.103. The number of allylic oxidation sites excluding steroid dienone is 20. The molecule has 0 saturated heterocycles. The van der Waals surface area contributed by atoms with Crippen molar-refractivity contribution in [2.45, 2.75) is 258 Å². The first kappa shape index (κ1) is 66.8. The van der Waals surface area contributed by atoms with Gasteiger partial charge in [0.2, 0.25) is 0 Å². The fourth-order valence-corrected chi connectivity index (χ4v) is 7.67. The Labute approximate surface area is 437 Å². The Morgan fingerprint density at radius 2 is 0.549 bits per heavy atom. The largest absolute Gasteiger partial charge is 0.462 e. The van der Waals surface area contributed by atoms with Crippen molar-refractivity contribution in [3.05, 3.63) is 122 Å². The van der Waals surface area contributed by atoms with Crippen molar-refractivity contribution >= 4 is 17.9 Å². The van der Waals surface area contributed by atoms with E-state index in [1.165, 1.54) is 77.0 Å². The van der Waals surface area contributed by atoms with Gasteiger partial charge in [-0.05, 0) is 109 Å². The van der Waals surface area contributed by atoms with Crippen molar-refractivity contribution in [1.29, 1.82) is 0 Å². The van der Waals surface area contributed by atoms with Gasteiger partial charge in [-0.15, -0.1) is 0 Å². The molecule has 0 fully saturated rings. The van der Waals surface area contributed by atoms with Crippen molar-refractivity contribution in [2.24, 2.45) is 0 Å². The molecule has 0 amide bonds. The van der Waals surface area contributed by atoms with Gasteiger partial charge in [-0.2, -0.15) is 0 Å².